The van der Waals surface area contributed by atoms with Crippen molar-refractivity contribution in [2.24, 2.45) is 17.8 Å². The number of nitrogens with one attached hydrogen (secondary N) is 2. The summed E-state index contributed by atoms with van der Waals surface area (Å²) >= 11 is 0. The molecule has 3 heteroatoms. The summed E-state index contributed by atoms with van der Waals surface area (Å²) < 4.78 is 0. The smallest absolute Gasteiger partial charge is 0.0562 e. The summed E-state index contributed by atoms with van der Waals surface area (Å²) in [5.41, 5.74) is 2.27. The minimum atomic E-state index is 0.486. The maximum absolute atomic E-state index is 4.41. The zero-order valence-electron chi connectivity index (χ0n) is 13.9. The minimum Gasteiger partial charge on any atom is -0.385 e. The van der Waals surface area contributed by atoms with E-state index in [0.29, 0.717) is 23.8 Å². The van der Waals surface area contributed by atoms with Gasteiger partial charge in [0.15, 0.2) is 0 Å². The standard InChI is InChI=1S/C17H31N3/c1-12(2)17(13(3)4)11-20-15-7-8-18-16(9-15)10-19-14(5)6/h7-9,12-14,17,19H,10-11H2,1-6H3,(H,18,20). The monoisotopic (exact) mass is 277 g/mol. The molecule has 0 bridgehead atoms. The van der Waals surface area contributed by atoms with Crippen LogP contribution in [0.25, 0.3) is 0 Å². The number of anilines is 1. The Hall–Kier alpha value is -1.09. The molecule has 20 heavy (non-hydrogen) atoms. The Morgan fingerprint density at radius 3 is 2.25 bits per heavy atom. The lowest BCUT2D eigenvalue weighted by Crippen LogP contribution is -2.25. The van der Waals surface area contributed by atoms with Gasteiger partial charge < -0.3 is 10.6 Å². The molecule has 0 atom stereocenters. The highest BCUT2D eigenvalue weighted by Crippen LogP contribution is 2.21. The Balaban J connectivity index is 2.57. The van der Waals surface area contributed by atoms with Gasteiger partial charge in [0.2, 0.25) is 0 Å². The van der Waals surface area contributed by atoms with Crippen LogP contribution in [0.2, 0.25) is 0 Å². The first-order valence-electron chi connectivity index (χ1n) is 7.82. The molecular weight excluding hydrogens is 246 g/mol. The fourth-order valence-electron chi connectivity index (χ4n) is 2.47. The van der Waals surface area contributed by atoms with E-state index in [0.717, 1.165) is 18.8 Å². The highest BCUT2D eigenvalue weighted by molar-refractivity contribution is 5.43. The average Bonchev–Trinajstić information content (AvgIpc) is 2.36. The van der Waals surface area contributed by atoms with Crippen molar-refractivity contribution >= 4 is 5.69 Å². The van der Waals surface area contributed by atoms with Crippen molar-refractivity contribution in [2.75, 3.05) is 11.9 Å². The molecule has 3 nitrogen and oxygen atoms in total. The largest absolute Gasteiger partial charge is 0.385 e. The van der Waals surface area contributed by atoms with E-state index < -0.39 is 0 Å². The summed E-state index contributed by atoms with van der Waals surface area (Å²) in [6.45, 7) is 15.4. The highest BCUT2D eigenvalue weighted by atomic mass is 14.9. The Labute approximate surface area is 124 Å². The van der Waals surface area contributed by atoms with Crippen molar-refractivity contribution in [1.29, 1.82) is 0 Å². The van der Waals surface area contributed by atoms with E-state index in [1.807, 2.05) is 6.20 Å². The predicted molar refractivity (Wildman–Crippen MR) is 87.9 cm³/mol. The summed E-state index contributed by atoms with van der Waals surface area (Å²) in [6, 6.07) is 4.68. The van der Waals surface area contributed by atoms with Crippen LogP contribution in [0.4, 0.5) is 5.69 Å². The van der Waals surface area contributed by atoms with Crippen molar-refractivity contribution < 1.29 is 0 Å². The fraction of sp³-hybridized carbons (Fsp3) is 0.706. The molecule has 0 fully saturated rings. The van der Waals surface area contributed by atoms with Crippen molar-refractivity contribution in [1.82, 2.24) is 10.3 Å². The van der Waals surface area contributed by atoms with Crippen molar-refractivity contribution in [3.63, 3.8) is 0 Å². The Morgan fingerprint density at radius 2 is 1.70 bits per heavy atom. The third kappa shape index (κ3) is 5.91. The van der Waals surface area contributed by atoms with E-state index in [9.17, 15) is 0 Å². The van der Waals surface area contributed by atoms with Crippen LogP contribution in [-0.4, -0.2) is 17.6 Å². The molecule has 0 aromatic carbocycles. The van der Waals surface area contributed by atoms with Crippen LogP contribution in [0, 0.1) is 17.8 Å². The number of hydrogen-bond acceptors (Lipinski definition) is 3. The second-order valence-corrected chi connectivity index (χ2v) is 6.60. The van der Waals surface area contributed by atoms with Crippen molar-refractivity contribution in [2.45, 2.75) is 54.1 Å². The average molecular weight is 277 g/mol. The first kappa shape index (κ1) is 17.0. The van der Waals surface area contributed by atoms with Gasteiger partial charge in [-0.1, -0.05) is 41.5 Å². The molecule has 0 aliphatic rings. The van der Waals surface area contributed by atoms with Crippen LogP contribution in [0.5, 0.6) is 0 Å². The van der Waals surface area contributed by atoms with E-state index in [4.69, 9.17) is 0 Å². The maximum Gasteiger partial charge on any atom is 0.0562 e. The fourth-order valence-corrected chi connectivity index (χ4v) is 2.47. The van der Waals surface area contributed by atoms with Crippen LogP contribution >= 0.6 is 0 Å². The lowest BCUT2D eigenvalue weighted by molar-refractivity contribution is 0.304. The number of hydrogen-bond donors (Lipinski definition) is 2. The van der Waals surface area contributed by atoms with Crippen molar-refractivity contribution in [3.8, 4) is 0 Å². The second kappa shape index (κ2) is 8.25. The van der Waals surface area contributed by atoms with E-state index in [1.54, 1.807) is 0 Å². The third-order valence-corrected chi connectivity index (χ3v) is 3.76. The summed E-state index contributed by atoms with van der Waals surface area (Å²) in [5.74, 6) is 2.10. The lowest BCUT2D eigenvalue weighted by Gasteiger charge is -2.25. The Bertz CT molecular complexity index is 378. The molecule has 0 radical (unpaired) electrons. The van der Waals surface area contributed by atoms with Gasteiger partial charge in [-0.2, -0.15) is 0 Å². The van der Waals surface area contributed by atoms with Gasteiger partial charge in [0.1, 0.15) is 0 Å². The predicted octanol–water partition coefficient (Wildman–Crippen LogP) is 3.92. The van der Waals surface area contributed by atoms with Gasteiger partial charge >= 0.3 is 0 Å². The van der Waals surface area contributed by atoms with Crippen LogP contribution in [-0.2, 0) is 6.54 Å². The van der Waals surface area contributed by atoms with Crippen LogP contribution in [0.15, 0.2) is 18.3 Å². The van der Waals surface area contributed by atoms with Gasteiger partial charge in [0.05, 0.1) is 5.69 Å². The quantitative estimate of drug-likeness (QED) is 0.756. The first-order valence-corrected chi connectivity index (χ1v) is 7.82. The molecule has 0 aliphatic heterocycles. The molecular formula is C17H31N3. The third-order valence-electron chi connectivity index (χ3n) is 3.76. The Kier molecular flexibility index (Phi) is 7.00. The number of aromatic nitrogens is 1. The lowest BCUT2D eigenvalue weighted by atomic mass is 9.85. The molecule has 1 heterocycles. The van der Waals surface area contributed by atoms with E-state index >= 15 is 0 Å². The summed E-state index contributed by atoms with van der Waals surface area (Å²) in [7, 11) is 0. The summed E-state index contributed by atoms with van der Waals surface area (Å²) in [5, 5.41) is 6.97. The molecule has 2 N–H and O–H groups in total. The minimum absolute atomic E-state index is 0.486. The molecule has 0 spiro atoms. The molecule has 0 aliphatic carbocycles. The van der Waals surface area contributed by atoms with Gasteiger partial charge in [0.25, 0.3) is 0 Å². The molecule has 0 amide bonds. The molecule has 0 saturated carbocycles. The SMILES string of the molecule is CC(C)NCc1cc(NCC(C(C)C)C(C)C)ccn1. The molecule has 1 aromatic heterocycles. The summed E-state index contributed by atoms with van der Waals surface area (Å²) in [4.78, 5) is 4.41. The summed E-state index contributed by atoms with van der Waals surface area (Å²) in [6.07, 6.45) is 1.89. The first-order chi connectivity index (χ1) is 9.40. The van der Waals surface area contributed by atoms with Gasteiger partial charge in [-0.15, -0.1) is 0 Å². The molecule has 0 saturated heterocycles. The molecule has 1 rings (SSSR count). The van der Waals surface area contributed by atoms with Crippen molar-refractivity contribution in [3.05, 3.63) is 24.0 Å². The van der Waals surface area contributed by atoms with Gasteiger partial charge in [-0.25, -0.2) is 0 Å². The maximum atomic E-state index is 4.41. The van der Waals surface area contributed by atoms with Crippen LogP contribution < -0.4 is 10.6 Å². The zero-order valence-corrected chi connectivity index (χ0v) is 13.9. The normalized spacial score (nSPS) is 11.9. The number of nitrogens with zero attached hydrogens (tertiary/aromatic N) is 1. The number of rotatable bonds is 8. The topological polar surface area (TPSA) is 37.0 Å². The van der Waals surface area contributed by atoms with Gasteiger partial charge in [-0.3, -0.25) is 4.98 Å². The van der Waals surface area contributed by atoms with Crippen LogP contribution in [0.1, 0.15) is 47.2 Å². The van der Waals surface area contributed by atoms with Gasteiger partial charge in [-0.05, 0) is 29.9 Å². The number of pyridine rings is 1. The van der Waals surface area contributed by atoms with Gasteiger partial charge in [0, 0.05) is 31.0 Å². The second-order valence-electron chi connectivity index (χ2n) is 6.60. The zero-order chi connectivity index (χ0) is 15.1. The molecule has 114 valence electrons. The Morgan fingerprint density at radius 1 is 1.05 bits per heavy atom. The van der Waals surface area contributed by atoms with Crippen LogP contribution in [0.3, 0.4) is 0 Å². The molecule has 0 unspecified atom stereocenters. The van der Waals surface area contributed by atoms with E-state index in [-0.39, 0.29) is 0 Å². The highest BCUT2D eigenvalue weighted by Gasteiger charge is 2.16. The molecule has 1 aromatic rings. The van der Waals surface area contributed by atoms with E-state index in [1.165, 1.54) is 5.69 Å². The van der Waals surface area contributed by atoms with E-state index in [2.05, 4.69) is 69.3 Å².